The second-order valence-corrected chi connectivity index (χ2v) is 5.12. The van der Waals surface area contributed by atoms with Gasteiger partial charge >= 0.3 is 0 Å². The van der Waals surface area contributed by atoms with E-state index in [1.54, 1.807) is 25.1 Å². The second-order valence-electron chi connectivity index (χ2n) is 4.27. The number of benzene rings is 1. The predicted octanol–water partition coefficient (Wildman–Crippen LogP) is 3.73. The number of hydrogen-bond acceptors (Lipinski definition) is 5. The van der Waals surface area contributed by atoms with Gasteiger partial charge in [0.1, 0.15) is 11.1 Å². The van der Waals surface area contributed by atoms with Gasteiger partial charge in [0.15, 0.2) is 0 Å². The van der Waals surface area contributed by atoms with Crippen LogP contribution in [0.4, 0.5) is 5.69 Å². The lowest BCUT2D eigenvalue weighted by Crippen LogP contribution is -1.92. The Morgan fingerprint density at radius 1 is 1.50 bits per heavy atom. The number of aromatic nitrogens is 1. The fraction of sp³-hybridized carbons (Fsp3) is 0.143. The summed E-state index contributed by atoms with van der Waals surface area (Å²) in [7, 11) is 0. The highest BCUT2D eigenvalue weighted by Gasteiger charge is 2.11. The van der Waals surface area contributed by atoms with E-state index >= 15 is 0 Å². The number of aryl methyl sites for hydroxylation is 2. The Morgan fingerprint density at radius 2 is 2.25 bits per heavy atom. The Morgan fingerprint density at radius 3 is 2.80 bits per heavy atom. The topological polar surface area (TPSA) is 79.8 Å². The molecule has 1 aromatic heterocycles. The molecule has 0 saturated carbocycles. The summed E-state index contributed by atoms with van der Waals surface area (Å²) in [5.41, 5.74) is 2.51. The Bertz CT molecular complexity index is 741. The lowest BCUT2D eigenvalue weighted by atomic mass is 10.1. The molecule has 0 spiro atoms. The molecule has 0 saturated heterocycles. The number of allylic oxidation sites excluding steroid dienone is 1. The molecule has 0 N–H and O–H groups in total. The molecule has 0 amide bonds. The second kappa shape index (κ2) is 5.63. The first kappa shape index (κ1) is 13.9. The van der Waals surface area contributed by atoms with Gasteiger partial charge in [0, 0.05) is 22.7 Å². The maximum absolute atomic E-state index is 10.9. The van der Waals surface area contributed by atoms with Gasteiger partial charge in [0.2, 0.25) is 0 Å². The van der Waals surface area contributed by atoms with Crippen molar-refractivity contribution in [3.63, 3.8) is 0 Å². The average molecular weight is 285 g/mol. The molecule has 0 aliphatic rings. The van der Waals surface area contributed by atoms with Crippen molar-refractivity contribution in [3.8, 4) is 6.07 Å². The first-order valence-corrected chi connectivity index (χ1v) is 6.68. The number of hydrogen-bond donors (Lipinski definition) is 0. The lowest BCUT2D eigenvalue weighted by Gasteiger charge is -1.99. The summed E-state index contributed by atoms with van der Waals surface area (Å²) < 4.78 is 0. The molecule has 1 aromatic carbocycles. The Hall–Kier alpha value is -2.52. The quantitative estimate of drug-likeness (QED) is 0.489. The van der Waals surface area contributed by atoms with Gasteiger partial charge in [-0.15, -0.1) is 11.3 Å². The van der Waals surface area contributed by atoms with E-state index in [4.69, 9.17) is 0 Å². The number of nitriles is 1. The van der Waals surface area contributed by atoms with Crippen LogP contribution >= 0.6 is 11.3 Å². The van der Waals surface area contributed by atoms with Crippen LogP contribution in [0.15, 0.2) is 23.6 Å². The summed E-state index contributed by atoms with van der Waals surface area (Å²) in [6, 6.07) is 6.97. The highest BCUT2D eigenvalue weighted by molar-refractivity contribution is 7.11. The van der Waals surface area contributed by atoms with Crippen molar-refractivity contribution in [1.29, 1.82) is 5.26 Å². The van der Waals surface area contributed by atoms with Crippen LogP contribution in [0.5, 0.6) is 0 Å². The number of rotatable bonds is 3. The van der Waals surface area contributed by atoms with E-state index in [2.05, 4.69) is 11.1 Å². The van der Waals surface area contributed by atoms with Crippen molar-refractivity contribution in [2.75, 3.05) is 0 Å². The maximum Gasteiger partial charge on any atom is 0.272 e. The molecule has 0 radical (unpaired) electrons. The van der Waals surface area contributed by atoms with Crippen LogP contribution in [0, 0.1) is 35.3 Å². The number of thiazole rings is 1. The van der Waals surface area contributed by atoms with Gasteiger partial charge in [0.05, 0.1) is 10.5 Å². The van der Waals surface area contributed by atoms with E-state index in [0.29, 0.717) is 21.7 Å². The predicted molar refractivity (Wildman–Crippen MR) is 78.2 cm³/mol. The molecular weight excluding hydrogens is 274 g/mol. The zero-order valence-electron chi connectivity index (χ0n) is 11.0. The summed E-state index contributed by atoms with van der Waals surface area (Å²) in [6.07, 6.45) is 1.62. The van der Waals surface area contributed by atoms with Crippen LogP contribution in [0.25, 0.3) is 11.6 Å². The van der Waals surface area contributed by atoms with Gasteiger partial charge in [-0.05, 0) is 25.5 Å². The van der Waals surface area contributed by atoms with Crippen LogP contribution in [0.3, 0.4) is 0 Å². The van der Waals surface area contributed by atoms with E-state index < -0.39 is 4.92 Å². The minimum absolute atomic E-state index is 0.0476. The van der Waals surface area contributed by atoms with E-state index in [-0.39, 0.29) is 5.69 Å². The SMILES string of the molecule is Cc1csc(C(C#N)=Cc2ccc(C)c([N+](=O)[O-])c2)n1. The standard InChI is InChI=1S/C14H11N3O2S/c1-9-3-4-11(6-13(9)17(18)19)5-12(7-15)14-16-10(2)8-20-14/h3-6,8H,1-2H3. The molecule has 0 aliphatic carbocycles. The lowest BCUT2D eigenvalue weighted by molar-refractivity contribution is -0.385. The highest BCUT2D eigenvalue weighted by atomic mass is 32.1. The maximum atomic E-state index is 10.9. The molecule has 1 heterocycles. The monoisotopic (exact) mass is 285 g/mol. The molecule has 0 unspecified atom stereocenters. The zero-order chi connectivity index (χ0) is 14.7. The largest absolute Gasteiger partial charge is 0.272 e. The minimum atomic E-state index is -0.424. The molecule has 0 fully saturated rings. The van der Waals surface area contributed by atoms with Crippen molar-refractivity contribution in [2.45, 2.75) is 13.8 Å². The third kappa shape index (κ3) is 2.90. The molecule has 0 atom stereocenters. The van der Waals surface area contributed by atoms with Crippen molar-refractivity contribution in [1.82, 2.24) is 4.98 Å². The fourth-order valence-corrected chi connectivity index (χ4v) is 2.46. The Kier molecular flexibility index (Phi) is 3.91. The van der Waals surface area contributed by atoms with E-state index in [1.165, 1.54) is 17.4 Å². The first-order chi connectivity index (χ1) is 9.51. The third-order valence-corrected chi connectivity index (χ3v) is 3.70. The minimum Gasteiger partial charge on any atom is -0.258 e. The molecule has 0 bridgehead atoms. The normalized spacial score (nSPS) is 11.2. The van der Waals surface area contributed by atoms with Crippen molar-refractivity contribution >= 4 is 28.7 Å². The van der Waals surface area contributed by atoms with Crippen molar-refractivity contribution in [2.24, 2.45) is 0 Å². The third-order valence-electron chi connectivity index (χ3n) is 2.71. The summed E-state index contributed by atoms with van der Waals surface area (Å²) in [6.45, 7) is 3.53. The van der Waals surface area contributed by atoms with Gasteiger partial charge in [-0.25, -0.2) is 4.98 Å². The number of nitro groups is 1. The van der Waals surface area contributed by atoms with Crippen molar-refractivity contribution in [3.05, 3.63) is 55.5 Å². The summed E-state index contributed by atoms with van der Waals surface area (Å²) in [5, 5.41) is 22.6. The van der Waals surface area contributed by atoms with Crippen LogP contribution in [0.2, 0.25) is 0 Å². The Labute approximate surface area is 120 Å². The fourth-order valence-electron chi connectivity index (χ4n) is 1.70. The molecular formula is C14H11N3O2S. The van der Waals surface area contributed by atoms with E-state index in [0.717, 1.165) is 5.69 Å². The molecule has 2 aromatic rings. The first-order valence-electron chi connectivity index (χ1n) is 5.80. The van der Waals surface area contributed by atoms with Crippen LogP contribution in [-0.4, -0.2) is 9.91 Å². The molecule has 2 rings (SSSR count). The smallest absolute Gasteiger partial charge is 0.258 e. The van der Waals surface area contributed by atoms with Gasteiger partial charge in [-0.2, -0.15) is 5.26 Å². The van der Waals surface area contributed by atoms with E-state index in [9.17, 15) is 15.4 Å². The molecule has 100 valence electrons. The molecule has 0 aliphatic heterocycles. The van der Waals surface area contributed by atoms with Crippen LogP contribution in [0.1, 0.15) is 21.8 Å². The van der Waals surface area contributed by atoms with Gasteiger partial charge in [-0.3, -0.25) is 10.1 Å². The number of nitrogens with zero attached hydrogens (tertiary/aromatic N) is 3. The summed E-state index contributed by atoms with van der Waals surface area (Å²) >= 11 is 1.38. The highest BCUT2D eigenvalue weighted by Crippen LogP contribution is 2.24. The van der Waals surface area contributed by atoms with Crippen molar-refractivity contribution < 1.29 is 4.92 Å². The summed E-state index contributed by atoms with van der Waals surface area (Å²) in [5.74, 6) is 0. The molecule has 6 heteroatoms. The zero-order valence-corrected chi connectivity index (χ0v) is 11.8. The average Bonchev–Trinajstić information content (AvgIpc) is 2.84. The Balaban J connectivity index is 2.46. The molecule has 5 nitrogen and oxygen atoms in total. The number of nitro benzene ring substituents is 1. The summed E-state index contributed by atoms with van der Waals surface area (Å²) in [4.78, 5) is 14.7. The van der Waals surface area contributed by atoms with Gasteiger partial charge < -0.3 is 0 Å². The molecule has 20 heavy (non-hydrogen) atoms. The van der Waals surface area contributed by atoms with Gasteiger partial charge in [0.25, 0.3) is 5.69 Å². The van der Waals surface area contributed by atoms with Gasteiger partial charge in [-0.1, -0.05) is 12.1 Å². The van der Waals surface area contributed by atoms with E-state index in [1.807, 2.05) is 12.3 Å². The van der Waals surface area contributed by atoms with Crippen LogP contribution < -0.4 is 0 Å². The van der Waals surface area contributed by atoms with Crippen LogP contribution in [-0.2, 0) is 0 Å².